The predicted octanol–water partition coefficient (Wildman–Crippen LogP) is 1.85. The van der Waals surface area contributed by atoms with Gasteiger partial charge in [0.25, 0.3) is 0 Å². The lowest BCUT2D eigenvalue weighted by molar-refractivity contribution is 0.258. The van der Waals surface area contributed by atoms with Crippen LogP contribution in [0.1, 0.15) is 44.6 Å². The van der Waals surface area contributed by atoms with Crippen molar-refractivity contribution in [3.63, 3.8) is 0 Å². The highest BCUT2D eigenvalue weighted by Crippen LogP contribution is 2.22. The van der Waals surface area contributed by atoms with Gasteiger partial charge in [-0.3, -0.25) is 4.90 Å². The molecule has 118 valence electrons. The van der Waals surface area contributed by atoms with E-state index in [0.717, 1.165) is 44.2 Å². The Hall–Kier alpha value is -1.20. The Bertz CT molecular complexity index is 438. The summed E-state index contributed by atoms with van der Waals surface area (Å²) in [7, 11) is 1.97. The molecule has 5 heteroatoms. The lowest BCUT2D eigenvalue weighted by Crippen LogP contribution is -2.47. The summed E-state index contributed by atoms with van der Waals surface area (Å²) in [5.74, 6) is 1.31. The number of aromatic nitrogens is 2. The van der Waals surface area contributed by atoms with Crippen LogP contribution in [-0.2, 0) is 6.54 Å². The lowest BCUT2D eigenvalue weighted by Gasteiger charge is -2.36. The van der Waals surface area contributed by atoms with E-state index in [1.807, 2.05) is 13.2 Å². The Labute approximate surface area is 128 Å². The molecule has 1 aliphatic heterocycles. The molecule has 0 unspecified atom stereocenters. The second kappa shape index (κ2) is 7.71. The zero-order valence-electron chi connectivity index (χ0n) is 13.9. The van der Waals surface area contributed by atoms with Gasteiger partial charge in [0.05, 0.1) is 17.6 Å². The van der Waals surface area contributed by atoms with Crippen molar-refractivity contribution < 1.29 is 0 Å². The van der Waals surface area contributed by atoms with Crippen molar-refractivity contribution in [3.8, 4) is 0 Å². The molecule has 1 aromatic rings. The standard InChI is InChI=1S/C16H29N5/c1-5-6-20-7-9-21(10-8-20)15-12-18-16(13(2)3)19-14(15)11-17-4/h12-13,17H,5-11H2,1-4H3. The van der Waals surface area contributed by atoms with Gasteiger partial charge in [0.1, 0.15) is 5.82 Å². The van der Waals surface area contributed by atoms with Crippen molar-refractivity contribution >= 4 is 5.69 Å². The number of nitrogens with zero attached hydrogens (tertiary/aromatic N) is 4. The minimum atomic E-state index is 0.371. The summed E-state index contributed by atoms with van der Waals surface area (Å²) in [6, 6.07) is 0. The SMILES string of the molecule is CCCN1CCN(c2cnc(C(C)C)nc2CNC)CC1. The van der Waals surface area contributed by atoms with Crippen molar-refractivity contribution in [2.75, 3.05) is 44.7 Å². The van der Waals surface area contributed by atoms with Crippen LogP contribution in [0.25, 0.3) is 0 Å². The molecular formula is C16H29N5. The minimum absolute atomic E-state index is 0.371. The summed E-state index contributed by atoms with van der Waals surface area (Å²) >= 11 is 0. The Kier molecular flexibility index (Phi) is 5.94. The van der Waals surface area contributed by atoms with Gasteiger partial charge in [-0.15, -0.1) is 0 Å². The van der Waals surface area contributed by atoms with Crippen LogP contribution in [0.3, 0.4) is 0 Å². The van der Waals surface area contributed by atoms with Crippen LogP contribution in [0, 0.1) is 0 Å². The molecule has 1 saturated heterocycles. The number of piperazine rings is 1. The van der Waals surface area contributed by atoms with Gasteiger partial charge in [-0.25, -0.2) is 9.97 Å². The molecule has 2 heterocycles. The van der Waals surface area contributed by atoms with Gasteiger partial charge in [-0.05, 0) is 20.0 Å². The van der Waals surface area contributed by atoms with Gasteiger partial charge in [0.2, 0.25) is 0 Å². The first kappa shape index (κ1) is 16.2. The van der Waals surface area contributed by atoms with E-state index in [2.05, 4.69) is 40.9 Å². The average molecular weight is 291 g/mol. The number of rotatable bonds is 6. The summed E-state index contributed by atoms with van der Waals surface area (Å²) in [6.07, 6.45) is 3.25. The van der Waals surface area contributed by atoms with E-state index >= 15 is 0 Å². The molecule has 0 spiro atoms. The molecule has 1 aliphatic rings. The zero-order valence-corrected chi connectivity index (χ0v) is 13.9. The van der Waals surface area contributed by atoms with Gasteiger partial charge in [0, 0.05) is 38.6 Å². The highest BCUT2D eigenvalue weighted by molar-refractivity contribution is 5.49. The Morgan fingerprint density at radius 2 is 1.95 bits per heavy atom. The van der Waals surface area contributed by atoms with Gasteiger partial charge in [0.15, 0.2) is 0 Å². The first-order valence-corrected chi connectivity index (χ1v) is 8.13. The van der Waals surface area contributed by atoms with E-state index in [1.54, 1.807) is 0 Å². The van der Waals surface area contributed by atoms with Crippen LogP contribution in [-0.4, -0.2) is 54.6 Å². The maximum Gasteiger partial charge on any atom is 0.131 e. The van der Waals surface area contributed by atoms with Crippen LogP contribution in [0.4, 0.5) is 5.69 Å². The van der Waals surface area contributed by atoms with Gasteiger partial charge < -0.3 is 10.2 Å². The molecule has 1 fully saturated rings. The number of nitrogens with one attached hydrogen (secondary N) is 1. The third-order valence-electron chi connectivity index (χ3n) is 3.98. The Morgan fingerprint density at radius 3 is 2.52 bits per heavy atom. The summed E-state index contributed by atoms with van der Waals surface area (Å²) in [4.78, 5) is 14.3. The van der Waals surface area contributed by atoms with Gasteiger partial charge in [-0.2, -0.15) is 0 Å². The van der Waals surface area contributed by atoms with E-state index < -0.39 is 0 Å². The largest absolute Gasteiger partial charge is 0.366 e. The molecule has 2 rings (SSSR count). The molecular weight excluding hydrogens is 262 g/mol. The molecule has 5 nitrogen and oxygen atoms in total. The normalized spacial score (nSPS) is 16.7. The van der Waals surface area contributed by atoms with Gasteiger partial charge in [-0.1, -0.05) is 20.8 Å². The fraction of sp³-hybridized carbons (Fsp3) is 0.750. The third kappa shape index (κ3) is 4.14. The molecule has 0 aromatic carbocycles. The van der Waals surface area contributed by atoms with Crippen molar-refractivity contribution in [3.05, 3.63) is 17.7 Å². The monoisotopic (exact) mass is 291 g/mol. The Morgan fingerprint density at radius 1 is 1.24 bits per heavy atom. The fourth-order valence-electron chi connectivity index (χ4n) is 2.79. The second-order valence-electron chi connectivity index (χ2n) is 6.07. The van der Waals surface area contributed by atoms with Crippen LogP contribution >= 0.6 is 0 Å². The highest BCUT2D eigenvalue weighted by atomic mass is 15.3. The summed E-state index contributed by atoms with van der Waals surface area (Å²) in [5, 5.41) is 3.23. The van der Waals surface area contributed by atoms with E-state index in [0.29, 0.717) is 5.92 Å². The summed E-state index contributed by atoms with van der Waals surface area (Å²) in [5.41, 5.74) is 2.32. The van der Waals surface area contributed by atoms with Crippen molar-refractivity contribution in [1.82, 2.24) is 20.2 Å². The van der Waals surface area contributed by atoms with Crippen LogP contribution in [0.5, 0.6) is 0 Å². The number of anilines is 1. The van der Waals surface area contributed by atoms with Crippen LogP contribution in [0.2, 0.25) is 0 Å². The van der Waals surface area contributed by atoms with Crippen LogP contribution in [0.15, 0.2) is 6.20 Å². The number of hydrogen-bond donors (Lipinski definition) is 1. The topological polar surface area (TPSA) is 44.3 Å². The third-order valence-corrected chi connectivity index (χ3v) is 3.98. The molecule has 0 saturated carbocycles. The lowest BCUT2D eigenvalue weighted by atomic mass is 10.2. The second-order valence-corrected chi connectivity index (χ2v) is 6.07. The van der Waals surface area contributed by atoms with Crippen molar-refractivity contribution in [2.45, 2.75) is 39.7 Å². The van der Waals surface area contributed by atoms with E-state index in [4.69, 9.17) is 4.98 Å². The maximum atomic E-state index is 4.76. The highest BCUT2D eigenvalue weighted by Gasteiger charge is 2.20. The quantitative estimate of drug-likeness (QED) is 0.866. The van der Waals surface area contributed by atoms with Crippen molar-refractivity contribution in [2.24, 2.45) is 0 Å². The van der Waals surface area contributed by atoms with Crippen LogP contribution < -0.4 is 10.2 Å². The summed E-state index contributed by atoms with van der Waals surface area (Å²) < 4.78 is 0. The smallest absolute Gasteiger partial charge is 0.131 e. The first-order chi connectivity index (χ1) is 10.2. The molecule has 0 aliphatic carbocycles. The average Bonchev–Trinajstić information content (AvgIpc) is 2.49. The summed E-state index contributed by atoms with van der Waals surface area (Å²) in [6.45, 7) is 13.0. The Balaban J connectivity index is 2.12. The zero-order chi connectivity index (χ0) is 15.2. The van der Waals surface area contributed by atoms with Gasteiger partial charge >= 0.3 is 0 Å². The first-order valence-electron chi connectivity index (χ1n) is 8.13. The molecule has 0 atom stereocenters. The van der Waals surface area contributed by atoms with E-state index in [-0.39, 0.29) is 0 Å². The molecule has 0 amide bonds. The minimum Gasteiger partial charge on any atom is -0.366 e. The van der Waals surface area contributed by atoms with E-state index in [1.165, 1.54) is 18.7 Å². The van der Waals surface area contributed by atoms with Crippen molar-refractivity contribution in [1.29, 1.82) is 0 Å². The maximum absolute atomic E-state index is 4.76. The van der Waals surface area contributed by atoms with E-state index in [9.17, 15) is 0 Å². The fourth-order valence-corrected chi connectivity index (χ4v) is 2.79. The molecule has 0 bridgehead atoms. The molecule has 1 aromatic heterocycles. The molecule has 0 radical (unpaired) electrons. The molecule has 21 heavy (non-hydrogen) atoms. The molecule has 1 N–H and O–H groups in total. The predicted molar refractivity (Wildman–Crippen MR) is 87.8 cm³/mol. The number of hydrogen-bond acceptors (Lipinski definition) is 5.